The molecule has 0 saturated heterocycles. The molecule has 0 fully saturated rings. The fraction of sp³-hybridized carbons (Fsp3) is 0.278. The summed E-state index contributed by atoms with van der Waals surface area (Å²) in [7, 11) is 0. The van der Waals surface area contributed by atoms with Crippen LogP contribution in [0.5, 0.6) is 0 Å². The van der Waals surface area contributed by atoms with Crippen LogP contribution in [0.4, 0.5) is 5.69 Å². The van der Waals surface area contributed by atoms with Crippen molar-refractivity contribution >= 4 is 34.7 Å². The van der Waals surface area contributed by atoms with E-state index >= 15 is 0 Å². The molecule has 0 aliphatic carbocycles. The molecule has 0 spiro atoms. The first-order chi connectivity index (χ1) is 12.5. The largest absolute Gasteiger partial charge is 0.366 e. The van der Waals surface area contributed by atoms with Gasteiger partial charge in [-0.1, -0.05) is 6.07 Å². The summed E-state index contributed by atoms with van der Waals surface area (Å²) in [5, 5.41) is 7.59. The Kier molecular flexibility index (Phi) is 7.31. The van der Waals surface area contributed by atoms with Gasteiger partial charge in [0.2, 0.25) is 5.91 Å². The van der Waals surface area contributed by atoms with Crippen molar-refractivity contribution in [1.29, 1.82) is 0 Å². The van der Waals surface area contributed by atoms with E-state index in [-0.39, 0.29) is 24.9 Å². The maximum absolute atomic E-state index is 12.2. The van der Waals surface area contributed by atoms with Crippen molar-refractivity contribution in [2.75, 3.05) is 25.0 Å². The number of benzene rings is 1. The maximum Gasteiger partial charge on any atom is 0.279 e. The zero-order chi connectivity index (χ0) is 18.9. The lowest BCUT2D eigenvalue weighted by Gasteiger charge is -2.17. The summed E-state index contributed by atoms with van der Waals surface area (Å²) in [6.45, 7) is 3.50. The normalized spacial score (nSPS) is 11.6. The quantitative estimate of drug-likeness (QED) is 0.496. The molecule has 3 amide bonds. The Morgan fingerprint density at radius 1 is 1.08 bits per heavy atom. The number of anilines is 1. The minimum atomic E-state index is -0.516. The highest BCUT2D eigenvalue weighted by Crippen LogP contribution is 2.08. The predicted molar refractivity (Wildman–Crippen MR) is 101 cm³/mol. The van der Waals surface area contributed by atoms with Crippen LogP contribution < -0.4 is 21.3 Å². The van der Waals surface area contributed by atoms with Crippen LogP contribution in [0.15, 0.2) is 41.8 Å². The van der Waals surface area contributed by atoms with Crippen LogP contribution >= 0.6 is 11.3 Å². The molecule has 1 aromatic heterocycles. The SMILES string of the molecule is CC[NH+](CC(=O)NCc1cccs1)CC(=O)Nc1ccc(C(N)=O)cc1. The predicted octanol–water partition coefficient (Wildman–Crippen LogP) is 0.00670. The average Bonchev–Trinajstić information content (AvgIpc) is 3.13. The van der Waals surface area contributed by atoms with Gasteiger partial charge in [-0.2, -0.15) is 0 Å². The minimum absolute atomic E-state index is 0.0890. The Labute approximate surface area is 156 Å². The van der Waals surface area contributed by atoms with E-state index in [0.29, 0.717) is 24.3 Å². The van der Waals surface area contributed by atoms with Crippen molar-refractivity contribution in [3.63, 3.8) is 0 Å². The van der Waals surface area contributed by atoms with E-state index in [1.807, 2.05) is 24.4 Å². The molecule has 1 unspecified atom stereocenters. The van der Waals surface area contributed by atoms with Gasteiger partial charge in [0.1, 0.15) is 0 Å². The number of thiophene rings is 1. The lowest BCUT2D eigenvalue weighted by Crippen LogP contribution is -3.13. The summed E-state index contributed by atoms with van der Waals surface area (Å²) in [6, 6.07) is 10.3. The van der Waals surface area contributed by atoms with Crippen LogP contribution in [-0.2, 0) is 16.1 Å². The summed E-state index contributed by atoms with van der Waals surface area (Å²) in [5.41, 5.74) is 6.15. The van der Waals surface area contributed by atoms with E-state index in [0.717, 1.165) is 9.78 Å². The lowest BCUT2D eigenvalue weighted by molar-refractivity contribution is -0.881. The van der Waals surface area contributed by atoms with Crippen LogP contribution in [-0.4, -0.2) is 37.4 Å². The number of carbonyl (C=O) groups is 3. The molecule has 0 radical (unpaired) electrons. The monoisotopic (exact) mass is 375 g/mol. The number of hydrogen-bond donors (Lipinski definition) is 4. The molecule has 1 aromatic carbocycles. The van der Waals surface area contributed by atoms with Gasteiger partial charge in [-0.25, -0.2) is 0 Å². The highest BCUT2D eigenvalue weighted by Gasteiger charge is 2.16. The first-order valence-electron chi connectivity index (χ1n) is 8.30. The van der Waals surface area contributed by atoms with E-state index in [1.165, 1.54) is 0 Å². The molecule has 1 atom stereocenters. The van der Waals surface area contributed by atoms with E-state index in [2.05, 4.69) is 10.6 Å². The molecule has 5 N–H and O–H groups in total. The van der Waals surface area contributed by atoms with Crippen LogP contribution in [0.25, 0.3) is 0 Å². The van der Waals surface area contributed by atoms with Gasteiger partial charge in [0.15, 0.2) is 13.1 Å². The summed E-state index contributed by atoms with van der Waals surface area (Å²) in [4.78, 5) is 37.2. The van der Waals surface area contributed by atoms with E-state index in [9.17, 15) is 14.4 Å². The number of primary amides is 1. The molecule has 0 bridgehead atoms. The third-order valence-electron chi connectivity index (χ3n) is 3.81. The number of carbonyl (C=O) groups excluding carboxylic acids is 3. The molecule has 8 heteroatoms. The van der Waals surface area contributed by atoms with Gasteiger partial charge < -0.3 is 21.3 Å². The van der Waals surface area contributed by atoms with Gasteiger partial charge in [-0.15, -0.1) is 11.3 Å². The first kappa shape index (κ1) is 19.6. The topological polar surface area (TPSA) is 106 Å². The van der Waals surface area contributed by atoms with Gasteiger partial charge in [-0.05, 0) is 42.6 Å². The zero-order valence-corrected chi connectivity index (χ0v) is 15.4. The number of nitrogens with two attached hydrogens (primary N) is 1. The number of rotatable bonds is 9. The Bertz CT molecular complexity index is 744. The number of amides is 3. The third kappa shape index (κ3) is 6.30. The maximum atomic E-state index is 12.2. The smallest absolute Gasteiger partial charge is 0.279 e. The number of quaternary nitrogens is 1. The van der Waals surface area contributed by atoms with Gasteiger partial charge >= 0.3 is 0 Å². The summed E-state index contributed by atoms with van der Waals surface area (Å²) >= 11 is 1.59. The molecule has 138 valence electrons. The third-order valence-corrected chi connectivity index (χ3v) is 4.69. The summed E-state index contributed by atoms with van der Waals surface area (Å²) in [6.07, 6.45) is 0. The summed E-state index contributed by atoms with van der Waals surface area (Å²) in [5.74, 6) is -0.799. The van der Waals surface area contributed by atoms with E-state index < -0.39 is 5.91 Å². The van der Waals surface area contributed by atoms with Gasteiger partial charge in [-0.3, -0.25) is 14.4 Å². The second-order valence-electron chi connectivity index (χ2n) is 5.80. The molecular weight excluding hydrogens is 352 g/mol. The Hall–Kier alpha value is -2.71. The van der Waals surface area contributed by atoms with Crippen molar-refractivity contribution in [3.05, 3.63) is 52.2 Å². The van der Waals surface area contributed by atoms with Gasteiger partial charge in [0.05, 0.1) is 13.1 Å². The minimum Gasteiger partial charge on any atom is -0.366 e. The number of nitrogens with one attached hydrogen (secondary N) is 3. The Morgan fingerprint density at radius 2 is 1.77 bits per heavy atom. The molecule has 2 aromatic rings. The second-order valence-corrected chi connectivity index (χ2v) is 6.84. The Morgan fingerprint density at radius 3 is 2.35 bits per heavy atom. The molecule has 0 aliphatic heterocycles. The van der Waals surface area contributed by atoms with Crippen molar-refractivity contribution in [2.45, 2.75) is 13.5 Å². The number of hydrogen-bond acceptors (Lipinski definition) is 4. The highest BCUT2D eigenvalue weighted by molar-refractivity contribution is 7.09. The molecule has 0 saturated carbocycles. The zero-order valence-electron chi connectivity index (χ0n) is 14.6. The van der Waals surface area contributed by atoms with Crippen LogP contribution in [0, 0.1) is 0 Å². The van der Waals surface area contributed by atoms with Gasteiger partial charge in [0, 0.05) is 16.1 Å². The van der Waals surface area contributed by atoms with Crippen LogP contribution in [0.1, 0.15) is 22.2 Å². The van der Waals surface area contributed by atoms with Crippen molar-refractivity contribution < 1.29 is 19.3 Å². The molecule has 2 rings (SSSR count). The standard InChI is InChI=1S/C18H22N4O3S/c1-2-22(11-16(23)20-10-15-4-3-9-26-15)12-17(24)21-14-7-5-13(6-8-14)18(19)25/h3-9H,2,10-12H2,1H3,(H2,19,25)(H,20,23)(H,21,24)/p+1. The van der Waals surface area contributed by atoms with Crippen molar-refractivity contribution in [1.82, 2.24) is 5.32 Å². The fourth-order valence-electron chi connectivity index (χ4n) is 2.35. The lowest BCUT2D eigenvalue weighted by atomic mass is 10.2. The Balaban J connectivity index is 1.79. The molecule has 1 heterocycles. The average molecular weight is 375 g/mol. The van der Waals surface area contributed by atoms with Crippen LogP contribution in [0.3, 0.4) is 0 Å². The van der Waals surface area contributed by atoms with E-state index in [1.54, 1.807) is 35.6 Å². The van der Waals surface area contributed by atoms with Crippen molar-refractivity contribution in [2.24, 2.45) is 5.73 Å². The van der Waals surface area contributed by atoms with Gasteiger partial charge in [0.25, 0.3) is 11.8 Å². The molecular formula is C18H23N4O3S+. The second kappa shape index (κ2) is 9.69. The molecule has 26 heavy (non-hydrogen) atoms. The molecule has 0 aliphatic rings. The fourth-order valence-corrected chi connectivity index (χ4v) is 3.00. The van der Waals surface area contributed by atoms with Crippen LogP contribution in [0.2, 0.25) is 0 Å². The number of likely N-dealkylation sites (N-methyl/N-ethyl adjacent to an activating group) is 1. The first-order valence-corrected chi connectivity index (χ1v) is 9.18. The highest BCUT2D eigenvalue weighted by atomic mass is 32.1. The summed E-state index contributed by atoms with van der Waals surface area (Å²) < 4.78 is 0. The van der Waals surface area contributed by atoms with Crippen molar-refractivity contribution in [3.8, 4) is 0 Å². The van der Waals surface area contributed by atoms with E-state index in [4.69, 9.17) is 5.73 Å². The molecule has 7 nitrogen and oxygen atoms in total.